The van der Waals surface area contributed by atoms with Crippen LogP contribution in [0.1, 0.15) is 0 Å². The number of ether oxygens (including phenoxy) is 1. The van der Waals surface area contributed by atoms with E-state index in [1.165, 1.54) is 0 Å². The summed E-state index contributed by atoms with van der Waals surface area (Å²) in [6.07, 6.45) is 0. The third-order valence-corrected chi connectivity index (χ3v) is 2.14. The highest BCUT2D eigenvalue weighted by Crippen LogP contribution is 2.25. The molecule has 0 atom stereocenters. The second kappa shape index (κ2) is 10.6. The second-order valence-electron chi connectivity index (χ2n) is 4.28. The molecule has 0 N–H and O–H groups in total. The van der Waals surface area contributed by atoms with E-state index < -0.39 is 14.5 Å². The van der Waals surface area contributed by atoms with Crippen molar-refractivity contribution in [1.29, 1.82) is 10.8 Å². The maximum Gasteiger partial charge on any atom is 0.673 e. The van der Waals surface area contributed by atoms with Crippen LogP contribution in [0.5, 0.6) is 11.5 Å². The van der Waals surface area contributed by atoms with Gasteiger partial charge in [0.25, 0.3) is 0 Å². The number of diazo groups is 2. The summed E-state index contributed by atoms with van der Waals surface area (Å²) in [4.78, 5) is 6.09. The van der Waals surface area contributed by atoms with Crippen LogP contribution in [0.3, 0.4) is 0 Å². The fourth-order valence-electron chi connectivity index (χ4n) is 1.30. The first-order valence-corrected chi connectivity index (χ1v) is 6.64. The van der Waals surface area contributed by atoms with E-state index in [2.05, 4.69) is 9.95 Å². The molecular formula is C12H8B2F8N4O. The molecule has 0 unspecified atom stereocenters. The summed E-state index contributed by atoms with van der Waals surface area (Å²) in [5, 5.41) is 17.1. The van der Waals surface area contributed by atoms with E-state index in [0.29, 0.717) is 22.9 Å². The number of hydrogen-bond donors (Lipinski definition) is 0. The summed E-state index contributed by atoms with van der Waals surface area (Å²) in [5.74, 6) is 1.26. The Labute approximate surface area is 147 Å². The predicted molar refractivity (Wildman–Crippen MR) is 82.8 cm³/mol. The van der Waals surface area contributed by atoms with E-state index in [0.717, 1.165) is 0 Å². The molecule has 2 aromatic carbocycles. The van der Waals surface area contributed by atoms with Crippen LogP contribution < -0.4 is 4.74 Å². The van der Waals surface area contributed by atoms with Gasteiger partial charge in [0, 0.05) is 24.3 Å². The standard InChI is InChI=1S/C12H8N4O.2BF4/c13-15-9-1-5-11(6-2-9)17-12-7-3-10(16-14)4-8-12;2*2-1(3,4)5/h1-8H;;/q+2;2*-1. The van der Waals surface area contributed by atoms with Gasteiger partial charge in [-0.1, -0.05) is 0 Å². The molecule has 0 saturated carbocycles. The third-order valence-electron chi connectivity index (χ3n) is 2.14. The molecule has 0 spiro atoms. The molecule has 2 rings (SSSR count). The topological polar surface area (TPSA) is 65.5 Å². The van der Waals surface area contributed by atoms with Crippen LogP contribution in [-0.2, 0) is 0 Å². The first-order chi connectivity index (χ1) is 12.3. The van der Waals surface area contributed by atoms with Crippen molar-refractivity contribution in [3.05, 3.63) is 58.5 Å². The van der Waals surface area contributed by atoms with Crippen molar-refractivity contribution in [2.75, 3.05) is 0 Å². The normalized spacial score (nSPS) is 10.1. The molecule has 0 bridgehead atoms. The van der Waals surface area contributed by atoms with Crippen molar-refractivity contribution in [3.63, 3.8) is 0 Å². The molecule has 27 heavy (non-hydrogen) atoms. The molecule has 0 fully saturated rings. The molecule has 0 aliphatic carbocycles. The fourth-order valence-corrected chi connectivity index (χ4v) is 1.30. The smallest absolute Gasteiger partial charge is 0.457 e. The van der Waals surface area contributed by atoms with Crippen molar-refractivity contribution in [1.82, 2.24) is 0 Å². The van der Waals surface area contributed by atoms with Gasteiger partial charge in [0.05, 0.1) is 0 Å². The lowest BCUT2D eigenvalue weighted by atomic mass is 10.3. The lowest BCUT2D eigenvalue weighted by molar-refractivity contribution is 0.366. The molecule has 0 radical (unpaired) electrons. The average molecular weight is 398 g/mol. The quantitative estimate of drug-likeness (QED) is 0.310. The van der Waals surface area contributed by atoms with E-state index in [9.17, 15) is 34.5 Å². The molecule has 0 saturated heterocycles. The Bertz CT molecular complexity index is 703. The number of rotatable bonds is 2. The molecule has 0 heterocycles. The highest BCUT2D eigenvalue weighted by atomic mass is 19.5. The van der Waals surface area contributed by atoms with Crippen LogP contribution in [0.2, 0.25) is 0 Å². The van der Waals surface area contributed by atoms with Gasteiger partial charge < -0.3 is 39.3 Å². The maximum absolute atomic E-state index is 9.75. The van der Waals surface area contributed by atoms with E-state index in [1.807, 2.05) is 0 Å². The average Bonchev–Trinajstić information content (AvgIpc) is 2.53. The van der Waals surface area contributed by atoms with E-state index in [-0.39, 0.29) is 0 Å². The minimum atomic E-state index is -6.00. The zero-order valence-electron chi connectivity index (χ0n) is 13.0. The van der Waals surface area contributed by atoms with Gasteiger partial charge in [0.1, 0.15) is 11.5 Å². The molecule has 0 aliphatic heterocycles. The van der Waals surface area contributed by atoms with Gasteiger partial charge in [-0.3, -0.25) is 0 Å². The summed E-state index contributed by atoms with van der Waals surface area (Å²) in [5.41, 5.74) is 0.929. The monoisotopic (exact) mass is 398 g/mol. The van der Waals surface area contributed by atoms with Crippen molar-refractivity contribution >= 4 is 25.9 Å². The van der Waals surface area contributed by atoms with Gasteiger partial charge in [-0.2, -0.15) is 0 Å². The van der Waals surface area contributed by atoms with E-state index >= 15 is 0 Å². The van der Waals surface area contributed by atoms with Gasteiger partial charge in [0.15, 0.2) is 9.95 Å². The van der Waals surface area contributed by atoms with Crippen LogP contribution in [-0.4, -0.2) is 14.5 Å². The SMILES string of the molecule is F[B-](F)(F)F.F[B-](F)(F)F.N#[N+]c1ccc(Oc2ccc([N+]#N)cc2)cc1. The molecular weight excluding hydrogens is 390 g/mol. The molecule has 15 heteroatoms. The van der Waals surface area contributed by atoms with E-state index in [4.69, 9.17) is 15.5 Å². The molecule has 0 aromatic heterocycles. The Morgan fingerprint density at radius 3 is 0.963 bits per heavy atom. The third kappa shape index (κ3) is 15.9. The fraction of sp³-hybridized carbons (Fsp3) is 0. The Kier molecular flexibility index (Phi) is 9.28. The summed E-state index contributed by atoms with van der Waals surface area (Å²) in [7, 11) is -12.0. The van der Waals surface area contributed by atoms with Crippen molar-refractivity contribution in [2.24, 2.45) is 0 Å². The van der Waals surface area contributed by atoms with Crippen LogP contribution >= 0.6 is 0 Å². The Morgan fingerprint density at radius 1 is 0.556 bits per heavy atom. The Hall–Kier alpha value is -3.35. The zero-order valence-corrected chi connectivity index (χ0v) is 13.0. The number of hydrogen-bond acceptors (Lipinski definition) is 3. The summed E-state index contributed by atoms with van der Waals surface area (Å²) in [6.45, 7) is 0. The van der Waals surface area contributed by atoms with Crippen LogP contribution in [0, 0.1) is 10.8 Å². The van der Waals surface area contributed by atoms with Gasteiger partial charge in [0.2, 0.25) is 10.8 Å². The van der Waals surface area contributed by atoms with Gasteiger partial charge in [-0.05, 0) is 24.3 Å². The first kappa shape index (κ1) is 23.6. The molecule has 5 nitrogen and oxygen atoms in total. The van der Waals surface area contributed by atoms with Gasteiger partial charge >= 0.3 is 25.9 Å². The Balaban J connectivity index is 0.000000563. The lowest BCUT2D eigenvalue weighted by Gasteiger charge is -2.02. The van der Waals surface area contributed by atoms with Crippen LogP contribution in [0.15, 0.2) is 48.5 Å². The van der Waals surface area contributed by atoms with Crippen molar-refractivity contribution in [2.45, 2.75) is 0 Å². The molecule has 0 amide bonds. The van der Waals surface area contributed by atoms with Crippen molar-refractivity contribution < 1.29 is 39.3 Å². The Morgan fingerprint density at radius 2 is 0.778 bits per heavy atom. The summed E-state index contributed by atoms with van der Waals surface area (Å²) < 4.78 is 83.5. The minimum absolute atomic E-state index is 0.465. The van der Waals surface area contributed by atoms with Crippen molar-refractivity contribution in [3.8, 4) is 11.5 Å². The predicted octanol–water partition coefficient (Wildman–Crippen LogP) is 7.05. The zero-order chi connectivity index (χ0) is 21.1. The summed E-state index contributed by atoms with van der Waals surface area (Å²) in [6, 6.07) is 13.3. The summed E-state index contributed by atoms with van der Waals surface area (Å²) >= 11 is 0. The van der Waals surface area contributed by atoms with E-state index in [1.54, 1.807) is 48.5 Å². The molecule has 0 aliphatic rings. The van der Waals surface area contributed by atoms with Gasteiger partial charge in [-0.25, -0.2) is 0 Å². The highest BCUT2D eigenvalue weighted by molar-refractivity contribution is 6.50. The highest BCUT2D eigenvalue weighted by Gasteiger charge is 2.21. The number of nitrogens with zero attached hydrogens (tertiary/aromatic N) is 4. The molecule has 2 aromatic rings. The number of benzene rings is 2. The molecule has 144 valence electrons. The van der Waals surface area contributed by atoms with Gasteiger partial charge in [-0.15, -0.1) is 0 Å². The number of halogens is 8. The maximum atomic E-state index is 9.75. The van der Waals surface area contributed by atoms with Crippen LogP contribution in [0.4, 0.5) is 45.9 Å². The second-order valence-corrected chi connectivity index (χ2v) is 4.28. The van der Waals surface area contributed by atoms with Crippen LogP contribution in [0.25, 0.3) is 9.95 Å². The largest absolute Gasteiger partial charge is 0.673 e. The lowest BCUT2D eigenvalue weighted by Crippen LogP contribution is -2.02. The first-order valence-electron chi connectivity index (χ1n) is 6.64. The minimum Gasteiger partial charge on any atom is -0.457 e.